The molecule has 0 amide bonds. The van der Waals surface area contributed by atoms with Gasteiger partial charge in [0.25, 0.3) is 5.56 Å². The third-order valence-corrected chi connectivity index (χ3v) is 6.52. The first kappa shape index (κ1) is 20.5. The fourth-order valence-electron chi connectivity index (χ4n) is 3.82. The van der Waals surface area contributed by atoms with E-state index in [2.05, 4.69) is 0 Å². The zero-order valence-electron chi connectivity index (χ0n) is 16.6. The summed E-state index contributed by atoms with van der Waals surface area (Å²) in [5.41, 5.74) is 0.954. The van der Waals surface area contributed by atoms with Gasteiger partial charge in [0.2, 0.25) is 5.92 Å². The maximum atomic E-state index is 13.1. The molecule has 1 aromatic heterocycles. The fraction of sp³-hybridized carbons (Fsp3) is 0.318. The predicted octanol–water partition coefficient (Wildman–Crippen LogP) is 4.03. The number of sulfone groups is 1. The molecule has 158 valence electrons. The zero-order valence-corrected chi connectivity index (χ0v) is 17.4. The lowest BCUT2D eigenvalue weighted by Crippen LogP contribution is -2.38. The lowest BCUT2D eigenvalue weighted by atomic mass is 9.82. The molecule has 1 aliphatic rings. The van der Waals surface area contributed by atoms with Gasteiger partial charge in [0.1, 0.15) is 5.75 Å². The normalized spacial score (nSPS) is 16.4. The first-order chi connectivity index (χ1) is 14.0. The number of nitrogens with zero attached hydrogens (tertiary/aromatic N) is 1. The fourth-order valence-corrected chi connectivity index (χ4v) is 4.46. The molecule has 0 atom stereocenters. The van der Waals surface area contributed by atoms with E-state index in [1.807, 2.05) is 0 Å². The first-order valence-corrected chi connectivity index (χ1v) is 11.4. The summed E-state index contributed by atoms with van der Waals surface area (Å²) in [5.74, 6) is -2.49. The summed E-state index contributed by atoms with van der Waals surface area (Å²) in [6.45, 7) is 0.116. The number of aryl methyl sites for hydroxylation is 1. The molecular formula is C22H21F2NO4S. The number of hydrogen-bond donors (Lipinski definition) is 0. The van der Waals surface area contributed by atoms with Crippen LogP contribution in [-0.2, 0) is 16.9 Å². The summed E-state index contributed by atoms with van der Waals surface area (Å²) in [6.07, 6.45) is 2.32. The summed E-state index contributed by atoms with van der Waals surface area (Å²) in [6, 6.07) is 11.5. The first-order valence-electron chi connectivity index (χ1n) is 9.49. The molecular weight excluding hydrogens is 412 g/mol. The van der Waals surface area contributed by atoms with E-state index in [0.29, 0.717) is 27.6 Å². The molecule has 0 spiro atoms. The quantitative estimate of drug-likeness (QED) is 0.609. The van der Waals surface area contributed by atoms with Crippen molar-refractivity contribution in [3.05, 3.63) is 59.0 Å². The Labute approximate surface area is 172 Å². The Morgan fingerprint density at radius 3 is 2.40 bits per heavy atom. The Morgan fingerprint density at radius 1 is 1.10 bits per heavy atom. The van der Waals surface area contributed by atoms with Crippen LogP contribution < -0.4 is 10.3 Å². The lowest BCUT2D eigenvalue weighted by molar-refractivity contribution is -0.119. The average Bonchev–Trinajstić information content (AvgIpc) is 2.66. The molecule has 2 aromatic carbocycles. The summed E-state index contributed by atoms with van der Waals surface area (Å²) in [5, 5.41) is 1.15. The van der Waals surface area contributed by atoms with Crippen molar-refractivity contribution >= 4 is 20.6 Å². The number of pyridine rings is 1. The van der Waals surface area contributed by atoms with Gasteiger partial charge < -0.3 is 9.30 Å². The van der Waals surface area contributed by atoms with E-state index in [9.17, 15) is 22.0 Å². The van der Waals surface area contributed by atoms with Gasteiger partial charge in [-0.05, 0) is 29.7 Å². The van der Waals surface area contributed by atoms with Crippen LogP contribution in [0.5, 0.6) is 5.75 Å². The van der Waals surface area contributed by atoms with Crippen LogP contribution in [0.15, 0.2) is 58.4 Å². The van der Waals surface area contributed by atoms with Crippen molar-refractivity contribution < 1.29 is 21.9 Å². The molecule has 3 aromatic rings. The number of fused-ring (bicyclic) bond motifs is 1. The van der Waals surface area contributed by atoms with Crippen molar-refractivity contribution in [3.8, 4) is 16.9 Å². The van der Waals surface area contributed by atoms with Gasteiger partial charge in [-0.25, -0.2) is 17.2 Å². The van der Waals surface area contributed by atoms with E-state index in [4.69, 9.17) is 4.74 Å². The molecule has 1 aliphatic carbocycles. The largest absolute Gasteiger partial charge is 0.493 e. The molecule has 1 heterocycles. The minimum Gasteiger partial charge on any atom is -0.493 e. The van der Waals surface area contributed by atoms with Crippen LogP contribution in [0.2, 0.25) is 0 Å². The standard InChI is InChI=1S/C22H21F2NO4S/c1-25-12-19(16-5-3-4-6-17(16)21(25)26)18-9-15(30(2,27)28)7-8-20(18)29-13-14-10-22(23,24)11-14/h3-9,12,14H,10-11,13H2,1-2H3. The minimum absolute atomic E-state index is 0.109. The highest BCUT2D eigenvalue weighted by molar-refractivity contribution is 7.90. The van der Waals surface area contributed by atoms with E-state index >= 15 is 0 Å². The number of benzene rings is 2. The lowest BCUT2D eigenvalue weighted by Gasteiger charge is -2.34. The maximum absolute atomic E-state index is 13.1. The van der Waals surface area contributed by atoms with E-state index in [1.165, 1.54) is 16.7 Å². The summed E-state index contributed by atoms with van der Waals surface area (Å²) in [4.78, 5) is 12.6. The van der Waals surface area contributed by atoms with Crippen molar-refractivity contribution in [2.75, 3.05) is 12.9 Å². The van der Waals surface area contributed by atoms with Gasteiger partial charge in [0.15, 0.2) is 9.84 Å². The van der Waals surface area contributed by atoms with Crippen molar-refractivity contribution in [2.45, 2.75) is 23.7 Å². The van der Waals surface area contributed by atoms with Crippen LogP contribution in [0, 0.1) is 5.92 Å². The van der Waals surface area contributed by atoms with Crippen molar-refractivity contribution in [3.63, 3.8) is 0 Å². The molecule has 0 aliphatic heterocycles. The molecule has 1 fully saturated rings. The second-order valence-electron chi connectivity index (χ2n) is 7.88. The molecule has 30 heavy (non-hydrogen) atoms. The molecule has 0 bridgehead atoms. The molecule has 1 saturated carbocycles. The summed E-state index contributed by atoms with van der Waals surface area (Å²) in [7, 11) is -1.86. The van der Waals surface area contributed by atoms with Crippen LogP contribution in [0.25, 0.3) is 21.9 Å². The minimum atomic E-state index is -3.49. The van der Waals surface area contributed by atoms with Crippen molar-refractivity contribution in [2.24, 2.45) is 13.0 Å². The van der Waals surface area contributed by atoms with E-state index in [-0.39, 0.29) is 35.8 Å². The Kier molecular flexibility index (Phi) is 4.92. The van der Waals surface area contributed by atoms with Crippen molar-refractivity contribution in [1.82, 2.24) is 4.57 Å². The average molecular weight is 433 g/mol. The highest BCUT2D eigenvalue weighted by Gasteiger charge is 2.45. The smallest absolute Gasteiger partial charge is 0.258 e. The molecule has 0 saturated heterocycles. The number of alkyl halides is 2. The van der Waals surface area contributed by atoms with E-state index < -0.39 is 15.8 Å². The SMILES string of the molecule is Cn1cc(-c2cc(S(C)(=O)=O)ccc2OCC2CC(F)(F)C2)c2ccccc2c1=O. The third kappa shape index (κ3) is 3.84. The number of halogens is 2. The molecule has 0 radical (unpaired) electrons. The predicted molar refractivity (Wildman–Crippen MR) is 111 cm³/mol. The van der Waals surface area contributed by atoms with Gasteiger partial charge in [0.05, 0.1) is 11.5 Å². The highest BCUT2D eigenvalue weighted by Crippen LogP contribution is 2.43. The summed E-state index contributed by atoms with van der Waals surface area (Å²) >= 11 is 0. The van der Waals surface area contributed by atoms with Gasteiger partial charge in [-0.15, -0.1) is 0 Å². The Bertz CT molecular complexity index is 1290. The highest BCUT2D eigenvalue weighted by atomic mass is 32.2. The zero-order chi connectivity index (χ0) is 21.7. The Morgan fingerprint density at radius 2 is 1.77 bits per heavy atom. The summed E-state index contributed by atoms with van der Waals surface area (Å²) < 4.78 is 57.8. The topological polar surface area (TPSA) is 65.4 Å². The van der Waals surface area contributed by atoms with E-state index in [0.717, 1.165) is 6.26 Å². The van der Waals surface area contributed by atoms with Crippen LogP contribution in [0.3, 0.4) is 0 Å². The van der Waals surface area contributed by atoms with Crippen LogP contribution in [0.1, 0.15) is 12.8 Å². The second-order valence-corrected chi connectivity index (χ2v) is 9.89. The molecule has 4 rings (SSSR count). The maximum Gasteiger partial charge on any atom is 0.258 e. The second kappa shape index (κ2) is 7.19. The number of hydrogen-bond acceptors (Lipinski definition) is 4. The van der Waals surface area contributed by atoms with Gasteiger partial charge in [-0.2, -0.15) is 0 Å². The third-order valence-electron chi connectivity index (χ3n) is 5.41. The molecule has 0 unspecified atom stereocenters. The van der Waals surface area contributed by atoms with Gasteiger partial charge in [0, 0.05) is 54.8 Å². The van der Waals surface area contributed by atoms with Crippen LogP contribution >= 0.6 is 0 Å². The molecule has 8 heteroatoms. The Hall–Kier alpha value is -2.74. The van der Waals surface area contributed by atoms with Gasteiger partial charge in [-0.3, -0.25) is 4.79 Å². The number of ether oxygens (including phenoxy) is 1. The molecule has 0 N–H and O–H groups in total. The Balaban J connectivity index is 1.84. The monoisotopic (exact) mass is 433 g/mol. The van der Waals surface area contributed by atoms with Gasteiger partial charge >= 0.3 is 0 Å². The van der Waals surface area contributed by atoms with Gasteiger partial charge in [-0.1, -0.05) is 18.2 Å². The molecule has 5 nitrogen and oxygen atoms in total. The number of aromatic nitrogens is 1. The van der Waals surface area contributed by atoms with Crippen LogP contribution in [0.4, 0.5) is 8.78 Å². The van der Waals surface area contributed by atoms with Crippen molar-refractivity contribution in [1.29, 1.82) is 0 Å². The number of rotatable bonds is 5. The van der Waals surface area contributed by atoms with Crippen LogP contribution in [-0.4, -0.2) is 31.8 Å². The van der Waals surface area contributed by atoms with E-state index in [1.54, 1.807) is 43.6 Å².